The standard InChI is InChI=1S/C16H17N3O4/c20-15(10-5-6-23-9-10)19-14(16(21)22)7-11-8-17-12-3-1-2-4-13(12)18-11/h1-4,8,10,14H,5-7,9H2,(H,19,20)(H,21,22)/t10-,14+/m1/s1. The van der Waals surface area contributed by atoms with Crippen molar-refractivity contribution in [3.8, 4) is 0 Å². The average Bonchev–Trinajstić information content (AvgIpc) is 3.08. The van der Waals surface area contributed by atoms with E-state index >= 15 is 0 Å². The molecule has 2 atom stereocenters. The molecule has 0 aliphatic carbocycles. The Balaban J connectivity index is 1.72. The zero-order valence-electron chi connectivity index (χ0n) is 12.4. The number of carbonyl (C=O) groups excluding carboxylic acids is 1. The number of nitrogens with zero attached hydrogens (tertiary/aromatic N) is 2. The van der Waals surface area contributed by atoms with Crippen molar-refractivity contribution < 1.29 is 19.4 Å². The largest absolute Gasteiger partial charge is 0.480 e. The minimum absolute atomic E-state index is 0.0898. The zero-order chi connectivity index (χ0) is 16.2. The molecule has 1 aromatic carbocycles. The number of hydrogen-bond donors (Lipinski definition) is 2. The molecule has 0 saturated carbocycles. The van der Waals surface area contributed by atoms with Crippen LogP contribution in [0.5, 0.6) is 0 Å². The Morgan fingerprint density at radius 3 is 2.83 bits per heavy atom. The van der Waals surface area contributed by atoms with Crippen LogP contribution in [0.25, 0.3) is 11.0 Å². The van der Waals surface area contributed by atoms with Gasteiger partial charge in [-0.15, -0.1) is 0 Å². The Morgan fingerprint density at radius 1 is 1.35 bits per heavy atom. The summed E-state index contributed by atoms with van der Waals surface area (Å²) in [6.07, 6.45) is 2.25. The van der Waals surface area contributed by atoms with Crippen LogP contribution in [-0.2, 0) is 20.7 Å². The van der Waals surface area contributed by atoms with Gasteiger partial charge in [0, 0.05) is 19.2 Å². The predicted octanol–water partition coefficient (Wildman–Crippen LogP) is 0.778. The van der Waals surface area contributed by atoms with E-state index in [1.54, 1.807) is 6.20 Å². The molecule has 1 aromatic heterocycles. The zero-order valence-corrected chi connectivity index (χ0v) is 12.4. The van der Waals surface area contributed by atoms with Crippen molar-refractivity contribution >= 4 is 22.9 Å². The Bertz CT molecular complexity index is 728. The summed E-state index contributed by atoms with van der Waals surface area (Å²) < 4.78 is 5.16. The van der Waals surface area contributed by atoms with Crippen molar-refractivity contribution in [1.82, 2.24) is 15.3 Å². The van der Waals surface area contributed by atoms with Crippen LogP contribution in [0.2, 0.25) is 0 Å². The van der Waals surface area contributed by atoms with Crippen molar-refractivity contribution in [2.45, 2.75) is 18.9 Å². The van der Waals surface area contributed by atoms with Crippen molar-refractivity contribution in [3.05, 3.63) is 36.2 Å². The maximum atomic E-state index is 12.1. The van der Waals surface area contributed by atoms with Gasteiger partial charge in [0.1, 0.15) is 6.04 Å². The number of nitrogens with one attached hydrogen (secondary N) is 1. The van der Waals surface area contributed by atoms with E-state index in [1.807, 2.05) is 24.3 Å². The number of carbonyl (C=O) groups is 2. The van der Waals surface area contributed by atoms with Crippen molar-refractivity contribution in [2.75, 3.05) is 13.2 Å². The van der Waals surface area contributed by atoms with E-state index in [1.165, 1.54) is 0 Å². The van der Waals surface area contributed by atoms with Crippen LogP contribution in [0.15, 0.2) is 30.5 Å². The summed E-state index contributed by atoms with van der Waals surface area (Å²) in [5.41, 5.74) is 1.97. The molecule has 3 rings (SSSR count). The first-order valence-corrected chi connectivity index (χ1v) is 7.45. The molecule has 1 aliphatic rings. The van der Waals surface area contributed by atoms with Crippen LogP contribution in [0.1, 0.15) is 12.1 Å². The predicted molar refractivity (Wildman–Crippen MR) is 81.7 cm³/mol. The van der Waals surface area contributed by atoms with Gasteiger partial charge >= 0.3 is 5.97 Å². The molecular formula is C16H17N3O4. The number of carboxylic acids is 1. The number of carboxylic acid groups (broad SMARTS) is 1. The highest BCUT2D eigenvalue weighted by Crippen LogP contribution is 2.14. The molecule has 2 aromatic rings. The molecule has 1 amide bonds. The lowest BCUT2D eigenvalue weighted by molar-refractivity contribution is -0.142. The maximum Gasteiger partial charge on any atom is 0.326 e. The van der Waals surface area contributed by atoms with E-state index in [-0.39, 0.29) is 18.2 Å². The molecule has 7 nitrogen and oxygen atoms in total. The molecule has 1 aliphatic heterocycles. The van der Waals surface area contributed by atoms with Gasteiger partial charge in [0.25, 0.3) is 0 Å². The summed E-state index contributed by atoms with van der Waals surface area (Å²) in [6, 6.07) is 6.33. The molecule has 7 heteroatoms. The maximum absolute atomic E-state index is 12.1. The Kier molecular flexibility index (Phi) is 4.47. The topological polar surface area (TPSA) is 101 Å². The van der Waals surface area contributed by atoms with E-state index in [2.05, 4.69) is 15.3 Å². The first-order valence-electron chi connectivity index (χ1n) is 7.45. The highest BCUT2D eigenvalue weighted by molar-refractivity contribution is 5.85. The third kappa shape index (κ3) is 3.62. The lowest BCUT2D eigenvalue weighted by Gasteiger charge is -2.16. The van der Waals surface area contributed by atoms with E-state index in [9.17, 15) is 14.7 Å². The second kappa shape index (κ2) is 6.70. The summed E-state index contributed by atoms with van der Waals surface area (Å²) in [5.74, 6) is -1.66. The third-order valence-electron chi connectivity index (χ3n) is 3.83. The smallest absolute Gasteiger partial charge is 0.326 e. The molecule has 1 fully saturated rings. The number of aliphatic carboxylic acids is 1. The Hall–Kier alpha value is -2.54. The van der Waals surface area contributed by atoms with Gasteiger partial charge < -0.3 is 15.2 Å². The number of aromatic nitrogens is 2. The van der Waals surface area contributed by atoms with Gasteiger partial charge in [-0.1, -0.05) is 12.1 Å². The van der Waals surface area contributed by atoms with Gasteiger partial charge in [0.15, 0.2) is 0 Å². The SMILES string of the molecule is O=C(N[C@@H](Cc1cnc2ccccc2n1)C(=O)O)[C@@H]1CCOC1. The van der Waals surface area contributed by atoms with E-state index in [0.29, 0.717) is 30.8 Å². The highest BCUT2D eigenvalue weighted by Gasteiger charge is 2.28. The molecule has 2 N–H and O–H groups in total. The molecule has 2 heterocycles. The van der Waals surface area contributed by atoms with Crippen LogP contribution in [0.4, 0.5) is 0 Å². The van der Waals surface area contributed by atoms with E-state index in [4.69, 9.17) is 4.74 Å². The van der Waals surface area contributed by atoms with Crippen LogP contribution in [0.3, 0.4) is 0 Å². The Morgan fingerprint density at radius 2 is 2.13 bits per heavy atom. The molecule has 23 heavy (non-hydrogen) atoms. The van der Waals surface area contributed by atoms with E-state index < -0.39 is 12.0 Å². The number of benzene rings is 1. The normalized spacial score (nSPS) is 18.7. The van der Waals surface area contributed by atoms with Gasteiger partial charge in [-0.3, -0.25) is 9.78 Å². The van der Waals surface area contributed by atoms with E-state index in [0.717, 1.165) is 5.52 Å². The molecule has 0 radical (unpaired) electrons. The lowest BCUT2D eigenvalue weighted by atomic mass is 10.1. The first kappa shape index (κ1) is 15.4. The molecule has 1 saturated heterocycles. The molecule has 120 valence electrons. The summed E-state index contributed by atoms with van der Waals surface area (Å²) in [5, 5.41) is 11.9. The first-order chi connectivity index (χ1) is 11.1. The second-order valence-corrected chi connectivity index (χ2v) is 5.51. The number of fused-ring (bicyclic) bond motifs is 1. The molecule has 0 spiro atoms. The minimum Gasteiger partial charge on any atom is -0.480 e. The minimum atomic E-state index is -1.09. The van der Waals surface area contributed by atoms with Crippen molar-refractivity contribution in [3.63, 3.8) is 0 Å². The quantitative estimate of drug-likeness (QED) is 0.845. The van der Waals surface area contributed by atoms with Crippen LogP contribution < -0.4 is 5.32 Å². The Labute approximate surface area is 132 Å². The summed E-state index contributed by atoms with van der Waals surface area (Å²) in [6.45, 7) is 0.875. The van der Waals surface area contributed by atoms with Crippen LogP contribution in [-0.4, -0.2) is 46.2 Å². The number of para-hydroxylation sites is 2. The molecule has 0 bridgehead atoms. The van der Waals surface area contributed by atoms with Crippen molar-refractivity contribution in [1.29, 1.82) is 0 Å². The third-order valence-corrected chi connectivity index (χ3v) is 3.83. The number of ether oxygens (including phenoxy) is 1. The lowest BCUT2D eigenvalue weighted by Crippen LogP contribution is -2.45. The van der Waals surface area contributed by atoms with Crippen LogP contribution in [0, 0.1) is 5.92 Å². The molecular weight excluding hydrogens is 298 g/mol. The average molecular weight is 315 g/mol. The van der Waals surface area contributed by atoms with Gasteiger partial charge in [0.05, 0.1) is 29.3 Å². The van der Waals surface area contributed by atoms with Gasteiger partial charge in [-0.25, -0.2) is 9.78 Å². The fraction of sp³-hybridized carbons (Fsp3) is 0.375. The summed E-state index contributed by atoms with van der Waals surface area (Å²) >= 11 is 0. The highest BCUT2D eigenvalue weighted by atomic mass is 16.5. The van der Waals surface area contributed by atoms with Crippen molar-refractivity contribution in [2.24, 2.45) is 5.92 Å². The summed E-state index contributed by atoms with van der Waals surface area (Å²) in [4.78, 5) is 32.2. The fourth-order valence-electron chi connectivity index (χ4n) is 2.53. The molecule has 0 unspecified atom stereocenters. The summed E-state index contributed by atoms with van der Waals surface area (Å²) in [7, 11) is 0. The number of hydrogen-bond acceptors (Lipinski definition) is 5. The second-order valence-electron chi connectivity index (χ2n) is 5.51. The van der Waals surface area contributed by atoms with Crippen LogP contribution >= 0.6 is 0 Å². The number of rotatable bonds is 5. The fourth-order valence-corrected chi connectivity index (χ4v) is 2.53. The monoisotopic (exact) mass is 315 g/mol. The van der Waals surface area contributed by atoms with Gasteiger partial charge in [0.2, 0.25) is 5.91 Å². The van der Waals surface area contributed by atoms with Gasteiger partial charge in [-0.2, -0.15) is 0 Å². The number of amides is 1. The van der Waals surface area contributed by atoms with Gasteiger partial charge in [-0.05, 0) is 18.6 Å².